The Hall–Kier alpha value is -7.39. The van der Waals surface area contributed by atoms with Gasteiger partial charge in [0.25, 0.3) is 0 Å². The summed E-state index contributed by atoms with van der Waals surface area (Å²) in [7, 11) is 0. The van der Waals surface area contributed by atoms with Gasteiger partial charge in [0, 0.05) is 32.8 Å². The molecule has 0 spiro atoms. The van der Waals surface area contributed by atoms with E-state index >= 15 is 0 Å². The molecule has 0 saturated carbocycles. The van der Waals surface area contributed by atoms with Crippen LogP contribution in [-0.2, 0) is 0 Å². The zero-order valence-corrected chi connectivity index (χ0v) is 26.7. The van der Waals surface area contributed by atoms with Gasteiger partial charge in [0.15, 0.2) is 0 Å². The van der Waals surface area contributed by atoms with E-state index in [0.717, 1.165) is 77.2 Å². The molecule has 5 heteroatoms. The Morgan fingerprint density at radius 3 is 1.82 bits per heavy atom. The first kappa shape index (κ1) is 28.8. The monoisotopic (exact) mass is 635 g/mol. The maximum atomic E-state index is 10.4. The Morgan fingerprint density at radius 1 is 0.400 bits per heavy atom. The molecule has 0 bridgehead atoms. The van der Waals surface area contributed by atoms with Gasteiger partial charge in [-0.1, -0.05) is 78.9 Å². The van der Waals surface area contributed by atoms with Gasteiger partial charge in [-0.15, -0.1) is 0 Å². The van der Waals surface area contributed by atoms with Crippen LogP contribution in [0.15, 0.2) is 152 Å². The third-order valence-electron chi connectivity index (χ3n) is 9.61. The summed E-state index contributed by atoms with van der Waals surface area (Å²) in [5, 5.41) is 34.1. The lowest BCUT2D eigenvalue weighted by Gasteiger charge is -2.16. The van der Waals surface area contributed by atoms with Crippen molar-refractivity contribution in [1.82, 2.24) is 9.13 Å². The van der Waals surface area contributed by atoms with Crippen molar-refractivity contribution in [2.75, 3.05) is 0 Å². The number of nitrogens with zero attached hydrogens (tertiary/aromatic N) is 5. The lowest BCUT2D eigenvalue weighted by Crippen LogP contribution is -1.99. The fraction of sp³-hybridized carbons (Fsp3) is 0. The molecule has 0 fully saturated rings. The lowest BCUT2D eigenvalue weighted by atomic mass is 9.94. The molecule has 0 radical (unpaired) electrons. The molecule has 2 aromatic heterocycles. The summed E-state index contributed by atoms with van der Waals surface area (Å²) in [5.41, 5.74) is 11.5. The van der Waals surface area contributed by atoms with Crippen LogP contribution in [0.4, 0.5) is 0 Å². The number of hydrogen-bond acceptors (Lipinski definition) is 3. The van der Waals surface area contributed by atoms with Gasteiger partial charge in [-0.05, 0) is 89.5 Å². The van der Waals surface area contributed by atoms with E-state index in [1.165, 1.54) is 0 Å². The Morgan fingerprint density at radius 2 is 1.02 bits per heavy atom. The van der Waals surface area contributed by atoms with Crippen molar-refractivity contribution in [3.8, 4) is 51.8 Å². The quantitative estimate of drug-likeness (QED) is 0.193. The summed E-state index contributed by atoms with van der Waals surface area (Å²) < 4.78 is 4.43. The third-order valence-corrected chi connectivity index (χ3v) is 9.61. The van der Waals surface area contributed by atoms with E-state index in [-0.39, 0.29) is 0 Å². The summed E-state index contributed by atoms with van der Waals surface area (Å²) >= 11 is 0. The molecule has 2 heterocycles. The molecule has 0 amide bonds. The Bertz CT molecular complexity index is 2970. The SMILES string of the molecule is N#Cc1ccc2c(c1)c1ccccc1n2-c1cccc(-c2cccc(-c3c(C#N)cccc3-n3c4ccccc4c4c(C#N)cccc43)c2)c1. The number of fused-ring (bicyclic) bond motifs is 6. The van der Waals surface area contributed by atoms with Gasteiger partial charge in [0.2, 0.25) is 0 Å². The Balaban J connectivity index is 1.24. The highest BCUT2D eigenvalue weighted by molar-refractivity contribution is 6.12. The molecule has 5 nitrogen and oxygen atoms in total. The summed E-state index contributed by atoms with van der Waals surface area (Å²) in [5.74, 6) is 0. The first-order valence-electron chi connectivity index (χ1n) is 16.3. The van der Waals surface area contributed by atoms with E-state index in [1.807, 2.05) is 84.9 Å². The first-order valence-corrected chi connectivity index (χ1v) is 16.3. The zero-order chi connectivity index (χ0) is 33.8. The minimum atomic E-state index is 0.567. The van der Waals surface area contributed by atoms with Gasteiger partial charge in [-0.3, -0.25) is 0 Å². The van der Waals surface area contributed by atoms with Crippen molar-refractivity contribution in [2.45, 2.75) is 0 Å². The number of para-hydroxylation sites is 2. The van der Waals surface area contributed by atoms with Crippen LogP contribution in [0.2, 0.25) is 0 Å². The van der Waals surface area contributed by atoms with Crippen molar-refractivity contribution in [1.29, 1.82) is 15.8 Å². The fourth-order valence-corrected chi connectivity index (χ4v) is 7.49. The summed E-state index contributed by atoms with van der Waals surface area (Å²) in [6, 6.07) is 57.8. The van der Waals surface area contributed by atoms with Crippen LogP contribution in [0.5, 0.6) is 0 Å². The van der Waals surface area contributed by atoms with Gasteiger partial charge >= 0.3 is 0 Å². The minimum Gasteiger partial charge on any atom is -0.309 e. The highest BCUT2D eigenvalue weighted by Crippen LogP contribution is 2.40. The molecule has 50 heavy (non-hydrogen) atoms. The number of rotatable bonds is 4. The predicted molar refractivity (Wildman–Crippen MR) is 200 cm³/mol. The molecule has 0 aliphatic heterocycles. The molecule has 9 rings (SSSR count). The smallest absolute Gasteiger partial charge is 0.0998 e. The standard InChI is InChI=1S/C45H25N5/c46-26-29-21-22-41-38(23-29)36-15-1-3-17-39(36)49(41)35-14-6-10-31(25-35)30-9-5-11-32(24-30)44-33(27-47)12-7-19-42(44)50-40-18-4-2-16-37(40)45-34(28-48)13-8-20-43(45)50/h1-25H. The van der Waals surface area contributed by atoms with E-state index in [2.05, 4.69) is 94.1 Å². The second kappa shape index (κ2) is 11.4. The molecule has 0 N–H and O–H groups in total. The first-order chi connectivity index (χ1) is 24.7. The fourth-order valence-electron chi connectivity index (χ4n) is 7.49. The molecule has 7 aromatic carbocycles. The molecule has 0 saturated heterocycles. The lowest BCUT2D eigenvalue weighted by molar-refractivity contribution is 1.18. The molecule has 9 aromatic rings. The van der Waals surface area contributed by atoms with E-state index < -0.39 is 0 Å². The molecule has 0 atom stereocenters. The van der Waals surface area contributed by atoms with Crippen molar-refractivity contribution >= 4 is 43.6 Å². The van der Waals surface area contributed by atoms with Crippen LogP contribution < -0.4 is 0 Å². The average molecular weight is 636 g/mol. The van der Waals surface area contributed by atoms with Crippen LogP contribution in [0.3, 0.4) is 0 Å². The van der Waals surface area contributed by atoms with E-state index in [0.29, 0.717) is 16.7 Å². The van der Waals surface area contributed by atoms with Crippen LogP contribution in [0, 0.1) is 34.0 Å². The van der Waals surface area contributed by atoms with Crippen molar-refractivity contribution in [3.63, 3.8) is 0 Å². The van der Waals surface area contributed by atoms with E-state index in [1.54, 1.807) is 0 Å². The topological polar surface area (TPSA) is 81.2 Å². The highest BCUT2D eigenvalue weighted by Gasteiger charge is 2.20. The van der Waals surface area contributed by atoms with E-state index in [9.17, 15) is 15.8 Å². The molecule has 0 unspecified atom stereocenters. The largest absolute Gasteiger partial charge is 0.309 e. The van der Waals surface area contributed by atoms with Crippen molar-refractivity contribution in [2.24, 2.45) is 0 Å². The molecule has 0 aliphatic rings. The maximum Gasteiger partial charge on any atom is 0.0998 e. The molecular formula is C45H25N5. The van der Waals surface area contributed by atoms with Gasteiger partial charge in [-0.2, -0.15) is 15.8 Å². The predicted octanol–water partition coefficient (Wildman–Crippen LogP) is 10.8. The Kier molecular flexibility index (Phi) is 6.56. The number of nitriles is 3. The number of aromatic nitrogens is 2. The van der Waals surface area contributed by atoms with Crippen molar-refractivity contribution < 1.29 is 0 Å². The number of hydrogen-bond donors (Lipinski definition) is 0. The Labute approximate surface area is 287 Å². The summed E-state index contributed by atoms with van der Waals surface area (Å²) in [6.45, 7) is 0. The highest BCUT2D eigenvalue weighted by atomic mass is 15.0. The summed E-state index contributed by atoms with van der Waals surface area (Å²) in [4.78, 5) is 0. The van der Waals surface area contributed by atoms with Crippen LogP contribution >= 0.6 is 0 Å². The van der Waals surface area contributed by atoms with Gasteiger partial charge < -0.3 is 9.13 Å². The minimum absolute atomic E-state index is 0.567. The molecule has 230 valence electrons. The van der Waals surface area contributed by atoms with Crippen LogP contribution in [0.1, 0.15) is 16.7 Å². The zero-order valence-electron chi connectivity index (χ0n) is 26.7. The van der Waals surface area contributed by atoms with Gasteiger partial charge in [0.1, 0.15) is 0 Å². The molecule has 0 aliphatic carbocycles. The van der Waals surface area contributed by atoms with E-state index in [4.69, 9.17) is 0 Å². The van der Waals surface area contributed by atoms with Gasteiger partial charge in [0.05, 0.1) is 62.7 Å². The number of benzene rings is 7. The maximum absolute atomic E-state index is 10.4. The average Bonchev–Trinajstić information content (AvgIpc) is 3.70. The second-order valence-corrected chi connectivity index (χ2v) is 12.3. The third kappa shape index (κ3) is 4.31. The van der Waals surface area contributed by atoms with Gasteiger partial charge in [-0.25, -0.2) is 0 Å². The normalized spacial score (nSPS) is 11.1. The molecular weight excluding hydrogens is 611 g/mol. The van der Waals surface area contributed by atoms with Crippen LogP contribution in [0.25, 0.3) is 77.2 Å². The van der Waals surface area contributed by atoms with Crippen molar-refractivity contribution in [3.05, 3.63) is 168 Å². The summed E-state index contributed by atoms with van der Waals surface area (Å²) in [6.07, 6.45) is 0. The van der Waals surface area contributed by atoms with Crippen LogP contribution in [-0.4, -0.2) is 9.13 Å². The second-order valence-electron chi connectivity index (χ2n) is 12.3.